The van der Waals surface area contributed by atoms with Crippen molar-refractivity contribution >= 4 is 17.6 Å². The third kappa shape index (κ3) is 3.13. The first-order valence-electron chi connectivity index (χ1n) is 6.63. The molecular formula is C13H20N4O2. The minimum Gasteiger partial charge on any atom is -0.481 e. The second-order valence-corrected chi connectivity index (χ2v) is 4.84. The van der Waals surface area contributed by atoms with Gasteiger partial charge in [0.1, 0.15) is 18.0 Å². The highest BCUT2D eigenvalue weighted by molar-refractivity contribution is 5.68. The molecule has 6 nitrogen and oxygen atoms in total. The molecule has 1 N–H and O–H groups in total. The molecule has 1 atom stereocenters. The lowest BCUT2D eigenvalue weighted by atomic mass is 10.1. The predicted molar refractivity (Wildman–Crippen MR) is 73.6 cm³/mol. The maximum atomic E-state index is 10.9. The Morgan fingerprint density at radius 1 is 1.58 bits per heavy atom. The smallest absolute Gasteiger partial charge is 0.305 e. The molecule has 6 heteroatoms. The molecule has 0 bridgehead atoms. The number of hydrogen-bond acceptors (Lipinski definition) is 5. The van der Waals surface area contributed by atoms with Crippen LogP contribution in [0.4, 0.5) is 11.6 Å². The molecule has 0 radical (unpaired) electrons. The van der Waals surface area contributed by atoms with Crippen molar-refractivity contribution in [2.24, 2.45) is 0 Å². The predicted octanol–water partition coefficient (Wildman–Crippen LogP) is 1.38. The summed E-state index contributed by atoms with van der Waals surface area (Å²) in [7, 11) is 1.98. The van der Waals surface area contributed by atoms with Gasteiger partial charge in [-0.2, -0.15) is 0 Å². The summed E-state index contributed by atoms with van der Waals surface area (Å²) in [5, 5.41) is 8.95. The summed E-state index contributed by atoms with van der Waals surface area (Å²) in [5.74, 6) is 0.944. The zero-order valence-corrected chi connectivity index (χ0v) is 11.4. The largest absolute Gasteiger partial charge is 0.481 e. The molecule has 1 aliphatic heterocycles. The van der Waals surface area contributed by atoms with Crippen molar-refractivity contribution in [3.63, 3.8) is 0 Å². The van der Waals surface area contributed by atoms with E-state index in [1.165, 1.54) is 0 Å². The number of anilines is 2. The van der Waals surface area contributed by atoms with Gasteiger partial charge in [0.05, 0.1) is 6.42 Å². The number of nitrogens with zero attached hydrogens (tertiary/aromatic N) is 4. The summed E-state index contributed by atoms with van der Waals surface area (Å²) in [4.78, 5) is 23.5. The van der Waals surface area contributed by atoms with Gasteiger partial charge in [-0.1, -0.05) is 0 Å². The molecule has 0 amide bonds. The van der Waals surface area contributed by atoms with E-state index >= 15 is 0 Å². The Morgan fingerprint density at radius 2 is 2.37 bits per heavy atom. The van der Waals surface area contributed by atoms with Gasteiger partial charge in [-0.3, -0.25) is 4.79 Å². The highest BCUT2D eigenvalue weighted by Crippen LogP contribution is 2.27. The van der Waals surface area contributed by atoms with Gasteiger partial charge in [0, 0.05) is 32.2 Å². The summed E-state index contributed by atoms with van der Waals surface area (Å²) in [6, 6.07) is 1.98. The van der Waals surface area contributed by atoms with Crippen molar-refractivity contribution in [2.75, 3.05) is 29.9 Å². The zero-order valence-electron chi connectivity index (χ0n) is 11.4. The molecule has 19 heavy (non-hydrogen) atoms. The van der Waals surface area contributed by atoms with Gasteiger partial charge in [-0.15, -0.1) is 0 Å². The molecule has 2 rings (SSSR count). The lowest BCUT2D eigenvalue weighted by molar-refractivity contribution is -0.137. The highest BCUT2D eigenvalue weighted by atomic mass is 16.4. The number of aromatic nitrogens is 2. The third-order valence-electron chi connectivity index (χ3n) is 3.59. The Balaban J connectivity index is 2.18. The molecule has 0 aliphatic carbocycles. The van der Waals surface area contributed by atoms with Gasteiger partial charge in [0.25, 0.3) is 0 Å². The van der Waals surface area contributed by atoms with Gasteiger partial charge >= 0.3 is 5.97 Å². The molecule has 1 unspecified atom stereocenters. The minimum atomic E-state index is -0.753. The van der Waals surface area contributed by atoms with Crippen LogP contribution in [0, 0.1) is 0 Å². The number of carbonyl (C=O) groups is 1. The summed E-state index contributed by atoms with van der Waals surface area (Å²) in [5.41, 5.74) is 0. The number of carboxylic acid groups (broad SMARTS) is 1. The van der Waals surface area contributed by atoms with E-state index in [9.17, 15) is 4.79 Å². The first-order valence-corrected chi connectivity index (χ1v) is 6.63. The molecule has 0 spiro atoms. The molecule has 1 saturated heterocycles. The molecule has 2 heterocycles. The Hall–Kier alpha value is -1.85. The van der Waals surface area contributed by atoms with Crippen LogP contribution in [-0.4, -0.2) is 47.2 Å². The van der Waals surface area contributed by atoms with Crippen molar-refractivity contribution in [1.29, 1.82) is 0 Å². The van der Waals surface area contributed by atoms with Crippen LogP contribution in [-0.2, 0) is 4.79 Å². The Bertz CT molecular complexity index is 452. The average molecular weight is 264 g/mol. The van der Waals surface area contributed by atoms with Crippen molar-refractivity contribution in [3.8, 4) is 0 Å². The summed E-state index contributed by atoms with van der Waals surface area (Å²) in [6.07, 6.45) is 3.64. The first kappa shape index (κ1) is 13.6. The van der Waals surface area contributed by atoms with Gasteiger partial charge in [0.2, 0.25) is 0 Å². The van der Waals surface area contributed by atoms with E-state index in [4.69, 9.17) is 5.11 Å². The highest BCUT2D eigenvalue weighted by Gasteiger charge is 2.27. The van der Waals surface area contributed by atoms with Crippen molar-refractivity contribution in [2.45, 2.75) is 32.2 Å². The fourth-order valence-electron chi connectivity index (χ4n) is 2.42. The topological polar surface area (TPSA) is 69.6 Å². The number of carboxylic acids is 1. The van der Waals surface area contributed by atoms with Gasteiger partial charge in [-0.05, 0) is 19.8 Å². The molecular weight excluding hydrogens is 244 g/mol. The SMILES string of the molecule is CCN(C)c1cc(N2CCCC2CC(=O)O)ncn1. The second-order valence-electron chi connectivity index (χ2n) is 4.84. The monoisotopic (exact) mass is 264 g/mol. The number of rotatable bonds is 5. The normalized spacial score (nSPS) is 18.6. The number of hydrogen-bond donors (Lipinski definition) is 1. The summed E-state index contributed by atoms with van der Waals surface area (Å²) < 4.78 is 0. The number of aliphatic carboxylic acids is 1. The van der Waals surface area contributed by atoms with Crippen molar-refractivity contribution in [1.82, 2.24) is 9.97 Å². The maximum absolute atomic E-state index is 10.9. The van der Waals surface area contributed by atoms with Crippen LogP contribution < -0.4 is 9.80 Å². The molecule has 1 fully saturated rings. The first-order chi connectivity index (χ1) is 9.11. The lowest BCUT2D eigenvalue weighted by Gasteiger charge is -2.25. The molecule has 1 aliphatic rings. The quantitative estimate of drug-likeness (QED) is 0.866. The van der Waals surface area contributed by atoms with Crippen LogP contribution >= 0.6 is 0 Å². The van der Waals surface area contributed by atoms with E-state index in [2.05, 4.69) is 21.8 Å². The van der Waals surface area contributed by atoms with Gasteiger partial charge in [-0.25, -0.2) is 9.97 Å². The Morgan fingerprint density at radius 3 is 3.05 bits per heavy atom. The van der Waals surface area contributed by atoms with E-state index in [1.54, 1.807) is 6.33 Å². The molecule has 0 aromatic carbocycles. The lowest BCUT2D eigenvalue weighted by Crippen LogP contribution is -2.32. The van der Waals surface area contributed by atoms with Crippen LogP contribution in [0.1, 0.15) is 26.2 Å². The average Bonchev–Trinajstić information content (AvgIpc) is 2.85. The molecule has 104 valence electrons. The van der Waals surface area contributed by atoms with E-state index in [0.717, 1.165) is 37.6 Å². The minimum absolute atomic E-state index is 0.0483. The van der Waals surface area contributed by atoms with Crippen LogP contribution in [0.2, 0.25) is 0 Å². The van der Waals surface area contributed by atoms with Crippen LogP contribution in [0.15, 0.2) is 12.4 Å². The van der Waals surface area contributed by atoms with Crippen LogP contribution in [0.3, 0.4) is 0 Å². The second kappa shape index (κ2) is 5.86. The maximum Gasteiger partial charge on any atom is 0.305 e. The Kier molecular flexibility index (Phi) is 4.19. The standard InChI is InChI=1S/C13H20N4O2/c1-3-16(2)11-8-12(15-9-14-11)17-6-4-5-10(17)7-13(18)19/h8-10H,3-7H2,1-2H3,(H,18,19). The van der Waals surface area contributed by atoms with Crippen LogP contribution in [0.5, 0.6) is 0 Å². The van der Waals surface area contributed by atoms with E-state index in [0.29, 0.717) is 0 Å². The zero-order chi connectivity index (χ0) is 13.8. The van der Waals surface area contributed by atoms with E-state index in [-0.39, 0.29) is 12.5 Å². The Labute approximate surface area is 113 Å². The van der Waals surface area contributed by atoms with Crippen molar-refractivity contribution in [3.05, 3.63) is 12.4 Å². The summed E-state index contributed by atoms with van der Waals surface area (Å²) in [6.45, 7) is 3.80. The van der Waals surface area contributed by atoms with Crippen LogP contribution in [0.25, 0.3) is 0 Å². The fourth-order valence-corrected chi connectivity index (χ4v) is 2.42. The van der Waals surface area contributed by atoms with Gasteiger partial charge < -0.3 is 14.9 Å². The summed E-state index contributed by atoms with van der Waals surface area (Å²) >= 11 is 0. The molecule has 0 saturated carbocycles. The molecule has 1 aromatic heterocycles. The van der Waals surface area contributed by atoms with E-state index < -0.39 is 5.97 Å². The van der Waals surface area contributed by atoms with Crippen molar-refractivity contribution < 1.29 is 9.90 Å². The third-order valence-corrected chi connectivity index (χ3v) is 3.59. The fraction of sp³-hybridized carbons (Fsp3) is 0.615. The van der Waals surface area contributed by atoms with Gasteiger partial charge in [0.15, 0.2) is 0 Å². The molecule has 1 aromatic rings. The van der Waals surface area contributed by atoms with E-state index in [1.807, 2.05) is 18.0 Å².